The SMILES string of the molecule is COc1cc(OC)c(OC)cc1/C=C1\Oc2c(ccc(OC(=O)Cc3ccc(Cl)cc3)c2C)C1=O. The van der Waals surface area contributed by atoms with Gasteiger partial charge in [0.25, 0.3) is 0 Å². The molecule has 0 aliphatic carbocycles. The number of fused-ring (bicyclic) bond motifs is 1. The van der Waals surface area contributed by atoms with Crippen LogP contribution < -0.4 is 23.7 Å². The van der Waals surface area contributed by atoms with Crippen LogP contribution in [0, 0.1) is 6.92 Å². The Hall–Kier alpha value is -3.97. The lowest BCUT2D eigenvalue weighted by Crippen LogP contribution is -2.12. The quantitative estimate of drug-likeness (QED) is 0.246. The van der Waals surface area contributed by atoms with Gasteiger partial charge in [-0.15, -0.1) is 0 Å². The molecule has 0 fully saturated rings. The summed E-state index contributed by atoms with van der Waals surface area (Å²) in [6, 6.07) is 13.5. The second-order valence-corrected chi connectivity index (χ2v) is 8.17. The van der Waals surface area contributed by atoms with E-state index in [9.17, 15) is 9.59 Å². The van der Waals surface area contributed by atoms with E-state index in [1.165, 1.54) is 21.3 Å². The summed E-state index contributed by atoms with van der Waals surface area (Å²) in [6.07, 6.45) is 1.66. The number of carbonyl (C=O) groups is 2. The van der Waals surface area contributed by atoms with Crippen LogP contribution in [0.3, 0.4) is 0 Å². The molecule has 0 saturated heterocycles. The summed E-state index contributed by atoms with van der Waals surface area (Å²) in [7, 11) is 4.57. The monoisotopic (exact) mass is 494 g/mol. The summed E-state index contributed by atoms with van der Waals surface area (Å²) in [6.45, 7) is 1.73. The first-order chi connectivity index (χ1) is 16.8. The molecule has 0 atom stereocenters. The second-order valence-electron chi connectivity index (χ2n) is 7.73. The third-order valence-electron chi connectivity index (χ3n) is 5.54. The maximum absolute atomic E-state index is 13.0. The molecule has 0 saturated carbocycles. The number of esters is 1. The number of benzene rings is 3. The van der Waals surface area contributed by atoms with E-state index in [1.54, 1.807) is 61.5 Å². The van der Waals surface area contributed by atoms with E-state index in [-0.39, 0.29) is 18.0 Å². The number of rotatable bonds is 7. The Morgan fingerprint density at radius 1 is 0.914 bits per heavy atom. The highest BCUT2D eigenvalue weighted by Gasteiger charge is 2.31. The van der Waals surface area contributed by atoms with Gasteiger partial charge in [-0.25, -0.2) is 0 Å². The highest BCUT2D eigenvalue weighted by Crippen LogP contribution is 2.41. The van der Waals surface area contributed by atoms with E-state index in [0.29, 0.717) is 50.5 Å². The predicted octanol–water partition coefficient (Wildman–Crippen LogP) is 5.44. The summed E-state index contributed by atoms with van der Waals surface area (Å²) < 4.78 is 27.6. The van der Waals surface area contributed by atoms with E-state index in [1.807, 2.05) is 0 Å². The van der Waals surface area contributed by atoms with E-state index in [2.05, 4.69) is 0 Å². The van der Waals surface area contributed by atoms with Crippen LogP contribution >= 0.6 is 11.6 Å². The van der Waals surface area contributed by atoms with E-state index in [0.717, 1.165) is 5.56 Å². The molecule has 3 aromatic rings. The molecule has 3 aromatic carbocycles. The first-order valence-corrected chi connectivity index (χ1v) is 11.1. The predicted molar refractivity (Wildman–Crippen MR) is 131 cm³/mol. The molecule has 1 aliphatic heterocycles. The minimum Gasteiger partial charge on any atom is -0.496 e. The number of methoxy groups -OCH3 is 3. The fourth-order valence-electron chi connectivity index (χ4n) is 3.71. The van der Waals surface area contributed by atoms with Crippen LogP contribution in [0.4, 0.5) is 0 Å². The fraction of sp³-hybridized carbons (Fsp3) is 0.185. The van der Waals surface area contributed by atoms with Crippen molar-refractivity contribution in [2.24, 2.45) is 0 Å². The Kier molecular flexibility index (Phi) is 6.98. The highest BCUT2D eigenvalue weighted by atomic mass is 35.5. The molecule has 0 spiro atoms. The van der Waals surface area contributed by atoms with Crippen molar-refractivity contribution >= 4 is 29.4 Å². The molecule has 0 aromatic heterocycles. The van der Waals surface area contributed by atoms with Gasteiger partial charge in [0, 0.05) is 22.2 Å². The molecule has 1 heterocycles. The lowest BCUT2D eigenvalue weighted by atomic mass is 10.1. The molecular weight excluding hydrogens is 472 g/mol. The van der Waals surface area contributed by atoms with E-state index < -0.39 is 5.97 Å². The Morgan fingerprint density at radius 2 is 1.57 bits per heavy atom. The number of halogens is 1. The first-order valence-electron chi connectivity index (χ1n) is 10.7. The second kappa shape index (κ2) is 10.1. The van der Waals surface area contributed by atoms with Crippen molar-refractivity contribution in [2.75, 3.05) is 21.3 Å². The lowest BCUT2D eigenvalue weighted by Gasteiger charge is -2.12. The van der Waals surface area contributed by atoms with Gasteiger partial charge in [0.05, 0.1) is 33.3 Å². The Balaban J connectivity index is 1.59. The fourth-order valence-corrected chi connectivity index (χ4v) is 3.84. The Bertz CT molecular complexity index is 1330. The van der Waals surface area contributed by atoms with Crippen molar-refractivity contribution in [2.45, 2.75) is 13.3 Å². The summed E-state index contributed by atoms with van der Waals surface area (Å²) in [5.41, 5.74) is 2.28. The van der Waals surface area contributed by atoms with Crippen molar-refractivity contribution in [1.29, 1.82) is 0 Å². The first kappa shape index (κ1) is 24.2. The number of hydrogen-bond donors (Lipinski definition) is 0. The van der Waals surface area contributed by atoms with Crippen LogP contribution in [-0.2, 0) is 11.2 Å². The Morgan fingerprint density at radius 3 is 2.23 bits per heavy atom. The molecule has 0 amide bonds. The summed E-state index contributed by atoms with van der Waals surface area (Å²) in [5.74, 6) is 1.50. The largest absolute Gasteiger partial charge is 0.496 e. The number of ether oxygens (including phenoxy) is 5. The maximum Gasteiger partial charge on any atom is 0.315 e. The van der Waals surface area contributed by atoms with Crippen LogP contribution in [-0.4, -0.2) is 33.1 Å². The van der Waals surface area contributed by atoms with Gasteiger partial charge in [-0.1, -0.05) is 23.7 Å². The van der Waals surface area contributed by atoms with Gasteiger partial charge in [-0.2, -0.15) is 0 Å². The molecule has 35 heavy (non-hydrogen) atoms. The van der Waals surface area contributed by atoms with Crippen LogP contribution in [0.2, 0.25) is 5.02 Å². The summed E-state index contributed by atoms with van der Waals surface area (Å²) >= 11 is 5.89. The molecule has 4 rings (SSSR count). The minimum absolute atomic E-state index is 0.0811. The van der Waals surface area contributed by atoms with Gasteiger partial charge >= 0.3 is 5.97 Å². The van der Waals surface area contributed by atoms with Gasteiger partial charge in [0.2, 0.25) is 5.78 Å². The summed E-state index contributed by atoms with van der Waals surface area (Å²) in [5, 5.41) is 0.591. The normalized spacial score (nSPS) is 13.3. The van der Waals surface area contributed by atoms with Crippen molar-refractivity contribution in [1.82, 2.24) is 0 Å². The van der Waals surface area contributed by atoms with Gasteiger partial charge < -0.3 is 23.7 Å². The smallest absolute Gasteiger partial charge is 0.315 e. The number of carbonyl (C=O) groups excluding carboxylic acids is 2. The van der Waals surface area contributed by atoms with Gasteiger partial charge in [0.15, 0.2) is 17.3 Å². The van der Waals surface area contributed by atoms with Gasteiger partial charge in [-0.05, 0) is 48.9 Å². The third kappa shape index (κ3) is 4.95. The average molecular weight is 495 g/mol. The molecule has 0 unspecified atom stereocenters. The van der Waals surface area contributed by atoms with E-state index in [4.69, 9.17) is 35.3 Å². The molecule has 0 radical (unpaired) electrons. The topological polar surface area (TPSA) is 80.3 Å². The zero-order valence-corrected chi connectivity index (χ0v) is 20.4. The molecule has 180 valence electrons. The average Bonchev–Trinajstić information content (AvgIpc) is 3.17. The van der Waals surface area contributed by atoms with Gasteiger partial charge in [-0.3, -0.25) is 9.59 Å². The molecule has 0 N–H and O–H groups in total. The molecular formula is C27H23ClO7. The number of hydrogen-bond acceptors (Lipinski definition) is 7. The van der Waals surface area contributed by atoms with Gasteiger partial charge in [0.1, 0.15) is 17.2 Å². The van der Waals surface area contributed by atoms with Crippen molar-refractivity contribution in [3.8, 4) is 28.7 Å². The standard InChI is InChI=1S/C27H23ClO7/c1-15-20(34-25(29)11-16-5-7-18(28)8-6-16)10-9-19-26(30)24(35-27(15)19)13-17-12-22(32-3)23(33-4)14-21(17)31-2/h5-10,12-14H,11H2,1-4H3/b24-13-. The number of allylic oxidation sites excluding steroid dienone is 1. The summed E-state index contributed by atoms with van der Waals surface area (Å²) in [4.78, 5) is 25.5. The zero-order valence-electron chi connectivity index (χ0n) is 19.6. The van der Waals surface area contributed by atoms with Crippen LogP contribution in [0.15, 0.2) is 54.3 Å². The zero-order chi connectivity index (χ0) is 25.1. The number of Topliss-reactive ketones (excluding diaryl/α,β-unsaturated/α-hetero) is 1. The number of ketones is 1. The Labute approximate surface area is 207 Å². The van der Waals surface area contributed by atoms with Crippen molar-refractivity contribution in [3.63, 3.8) is 0 Å². The van der Waals surface area contributed by atoms with Crippen LogP contribution in [0.1, 0.15) is 27.0 Å². The third-order valence-corrected chi connectivity index (χ3v) is 5.80. The molecule has 1 aliphatic rings. The van der Waals surface area contributed by atoms with Crippen LogP contribution in [0.5, 0.6) is 28.7 Å². The minimum atomic E-state index is -0.439. The lowest BCUT2D eigenvalue weighted by molar-refractivity contribution is -0.133. The van der Waals surface area contributed by atoms with E-state index >= 15 is 0 Å². The molecule has 8 heteroatoms. The van der Waals surface area contributed by atoms with Crippen molar-refractivity contribution < 1.29 is 33.3 Å². The van der Waals surface area contributed by atoms with Crippen molar-refractivity contribution in [3.05, 3.63) is 81.6 Å². The molecule has 0 bridgehead atoms. The molecule has 7 nitrogen and oxygen atoms in total. The maximum atomic E-state index is 13.0. The van der Waals surface area contributed by atoms with Crippen LogP contribution in [0.25, 0.3) is 6.08 Å². The highest BCUT2D eigenvalue weighted by molar-refractivity contribution is 6.30.